The Labute approximate surface area is 174 Å². The molecular weight excluding hydrogens is 388 g/mol. The highest BCUT2D eigenvalue weighted by Gasteiger charge is 2.32. The van der Waals surface area contributed by atoms with Crippen LogP contribution >= 0.6 is 0 Å². The minimum atomic E-state index is -0.276. The van der Waals surface area contributed by atoms with Crippen LogP contribution in [0.15, 0.2) is 42.5 Å². The van der Waals surface area contributed by atoms with Gasteiger partial charge in [0.15, 0.2) is 18.1 Å². The molecule has 2 amide bonds. The number of carbonyl (C=O) groups excluding carboxylic acids is 2. The second-order valence-corrected chi connectivity index (χ2v) is 6.99. The number of rotatable bonds is 7. The first-order valence-electron chi connectivity index (χ1n) is 9.97. The van der Waals surface area contributed by atoms with E-state index in [-0.39, 0.29) is 30.9 Å². The van der Waals surface area contributed by atoms with E-state index in [9.17, 15) is 9.59 Å². The topological polar surface area (TPSA) is 86.3 Å². The van der Waals surface area contributed by atoms with E-state index in [1.54, 1.807) is 41.3 Å². The van der Waals surface area contributed by atoms with Gasteiger partial charge in [0.25, 0.3) is 5.91 Å². The molecule has 2 aliphatic rings. The summed E-state index contributed by atoms with van der Waals surface area (Å²) in [6.07, 6.45) is 0.239. The fraction of sp³-hybridized carbons (Fsp3) is 0.364. The summed E-state index contributed by atoms with van der Waals surface area (Å²) in [5.74, 6) is 2.30. The Balaban J connectivity index is 1.29. The molecule has 2 heterocycles. The molecular formula is C22H24N2O6. The molecule has 0 spiro atoms. The molecule has 1 fully saturated rings. The zero-order valence-corrected chi connectivity index (χ0v) is 16.8. The van der Waals surface area contributed by atoms with Crippen molar-refractivity contribution in [2.45, 2.75) is 19.4 Å². The second kappa shape index (κ2) is 8.94. The normalized spacial score (nSPS) is 17.6. The quantitative estimate of drug-likeness (QED) is 0.750. The van der Waals surface area contributed by atoms with Gasteiger partial charge in [-0.15, -0.1) is 0 Å². The van der Waals surface area contributed by atoms with Crippen LogP contribution in [0.25, 0.3) is 0 Å². The van der Waals surface area contributed by atoms with Gasteiger partial charge in [0.1, 0.15) is 24.7 Å². The van der Waals surface area contributed by atoms with Crippen molar-refractivity contribution >= 4 is 17.5 Å². The number of hydrogen-bond donors (Lipinski definition) is 1. The van der Waals surface area contributed by atoms with E-state index in [1.165, 1.54) is 0 Å². The first-order valence-corrected chi connectivity index (χ1v) is 9.97. The Morgan fingerprint density at radius 3 is 2.50 bits per heavy atom. The first-order chi connectivity index (χ1) is 14.6. The van der Waals surface area contributed by atoms with Crippen LogP contribution in [-0.4, -0.2) is 50.8 Å². The summed E-state index contributed by atoms with van der Waals surface area (Å²) >= 11 is 0. The molecule has 1 N–H and O–H groups in total. The molecule has 1 atom stereocenters. The monoisotopic (exact) mass is 412 g/mol. The maximum absolute atomic E-state index is 12.5. The summed E-state index contributed by atoms with van der Waals surface area (Å²) in [6.45, 7) is 3.78. The molecule has 0 saturated carbocycles. The maximum atomic E-state index is 12.5. The van der Waals surface area contributed by atoms with Crippen molar-refractivity contribution in [2.75, 3.05) is 37.9 Å². The van der Waals surface area contributed by atoms with E-state index in [2.05, 4.69) is 5.32 Å². The molecule has 0 radical (unpaired) electrons. The first kappa shape index (κ1) is 19.9. The average Bonchev–Trinajstić information content (AvgIpc) is 3.13. The molecule has 8 nitrogen and oxygen atoms in total. The maximum Gasteiger partial charge on any atom is 0.258 e. The molecule has 0 unspecified atom stereocenters. The number of ether oxygens (including phenoxy) is 4. The van der Waals surface area contributed by atoms with Gasteiger partial charge in [0, 0.05) is 24.7 Å². The third kappa shape index (κ3) is 4.59. The van der Waals surface area contributed by atoms with Gasteiger partial charge < -0.3 is 29.2 Å². The highest BCUT2D eigenvalue weighted by molar-refractivity contribution is 5.97. The van der Waals surface area contributed by atoms with Crippen LogP contribution in [0.5, 0.6) is 23.0 Å². The third-order valence-corrected chi connectivity index (χ3v) is 4.83. The number of fused-ring (bicyclic) bond motifs is 1. The zero-order valence-electron chi connectivity index (χ0n) is 16.8. The summed E-state index contributed by atoms with van der Waals surface area (Å²) in [4.78, 5) is 26.4. The van der Waals surface area contributed by atoms with Gasteiger partial charge in [-0.05, 0) is 43.3 Å². The summed E-state index contributed by atoms with van der Waals surface area (Å²) < 4.78 is 22.0. The van der Waals surface area contributed by atoms with Gasteiger partial charge in [-0.25, -0.2) is 0 Å². The Hall–Kier alpha value is -3.42. The Morgan fingerprint density at radius 2 is 1.77 bits per heavy atom. The van der Waals surface area contributed by atoms with Gasteiger partial charge in [-0.3, -0.25) is 9.59 Å². The Kier molecular flexibility index (Phi) is 5.92. The van der Waals surface area contributed by atoms with Crippen LogP contribution in [-0.2, 0) is 9.59 Å². The Morgan fingerprint density at radius 1 is 1.07 bits per heavy atom. The minimum Gasteiger partial charge on any atom is -0.494 e. The van der Waals surface area contributed by atoms with Gasteiger partial charge in [-0.2, -0.15) is 0 Å². The highest BCUT2D eigenvalue weighted by atomic mass is 16.6. The average molecular weight is 412 g/mol. The van der Waals surface area contributed by atoms with Crippen molar-refractivity contribution in [1.29, 1.82) is 0 Å². The van der Waals surface area contributed by atoms with Crippen molar-refractivity contribution in [2.24, 2.45) is 0 Å². The number of amides is 2. The lowest BCUT2D eigenvalue weighted by molar-refractivity contribution is -0.123. The number of hydrogen-bond acceptors (Lipinski definition) is 6. The molecule has 2 aliphatic heterocycles. The lowest BCUT2D eigenvalue weighted by atomic mass is 10.2. The molecule has 2 aromatic carbocycles. The molecule has 2 aromatic rings. The number of nitrogens with one attached hydrogen (secondary N) is 1. The van der Waals surface area contributed by atoms with E-state index in [0.29, 0.717) is 43.6 Å². The number of benzene rings is 2. The molecule has 0 aliphatic carbocycles. The minimum absolute atomic E-state index is 0.0515. The van der Waals surface area contributed by atoms with Crippen molar-refractivity contribution in [3.63, 3.8) is 0 Å². The summed E-state index contributed by atoms with van der Waals surface area (Å²) in [5.41, 5.74) is 0.728. The summed E-state index contributed by atoms with van der Waals surface area (Å²) in [7, 11) is 0. The largest absolute Gasteiger partial charge is 0.494 e. The standard InChI is InChI=1S/C22H24N2O6/c1-2-27-17-4-6-18(7-5-17)30-14-21(25)23-15-11-22(26)24(13-15)16-3-8-19-20(12-16)29-10-9-28-19/h3-8,12,15H,2,9-11,13-14H2,1H3,(H,23,25)/t15-/m0/s1. The predicted molar refractivity (Wildman–Crippen MR) is 109 cm³/mol. The van der Waals surface area contributed by atoms with Gasteiger partial charge in [-0.1, -0.05) is 0 Å². The molecule has 8 heteroatoms. The van der Waals surface area contributed by atoms with Crippen LogP contribution in [0.3, 0.4) is 0 Å². The van der Waals surface area contributed by atoms with Crippen LogP contribution in [0, 0.1) is 0 Å². The molecule has 0 aromatic heterocycles. The summed E-state index contributed by atoms with van der Waals surface area (Å²) in [6, 6.07) is 12.2. The SMILES string of the molecule is CCOc1ccc(OCC(=O)N[C@H]2CC(=O)N(c3ccc4c(c3)OCCO4)C2)cc1. The summed E-state index contributed by atoms with van der Waals surface area (Å²) in [5, 5.41) is 2.87. The molecule has 30 heavy (non-hydrogen) atoms. The van der Waals surface area contributed by atoms with E-state index >= 15 is 0 Å². The molecule has 158 valence electrons. The third-order valence-electron chi connectivity index (χ3n) is 4.83. The van der Waals surface area contributed by atoms with E-state index in [1.807, 2.05) is 13.0 Å². The smallest absolute Gasteiger partial charge is 0.258 e. The fourth-order valence-electron chi connectivity index (χ4n) is 3.47. The predicted octanol–water partition coefficient (Wildman–Crippen LogP) is 2.16. The van der Waals surface area contributed by atoms with E-state index in [0.717, 1.165) is 11.4 Å². The lowest BCUT2D eigenvalue weighted by Crippen LogP contribution is -2.39. The second-order valence-electron chi connectivity index (χ2n) is 6.99. The lowest BCUT2D eigenvalue weighted by Gasteiger charge is -2.22. The Bertz CT molecular complexity index is 914. The van der Waals surface area contributed by atoms with Crippen molar-refractivity contribution in [3.05, 3.63) is 42.5 Å². The van der Waals surface area contributed by atoms with E-state index in [4.69, 9.17) is 18.9 Å². The highest BCUT2D eigenvalue weighted by Crippen LogP contribution is 2.35. The van der Waals surface area contributed by atoms with Crippen LogP contribution in [0.2, 0.25) is 0 Å². The fourth-order valence-corrected chi connectivity index (χ4v) is 3.47. The number of anilines is 1. The van der Waals surface area contributed by atoms with Gasteiger partial charge >= 0.3 is 0 Å². The number of carbonyl (C=O) groups is 2. The van der Waals surface area contributed by atoms with Crippen molar-refractivity contribution in [1.82, 2.24) is 5.32 Å². The van der Waals surface area contributed by atoms with Crippen LogP contribution in [0.4, 0.5) is 5.69 Å². The van der Waals surface area contributed by atoms with Crippen molar-refractivity contribution < 1.29 is 28.5 Å². The number of nitrogens with zero attached hydrogens (tertiary/aromatic N) is 1. The van der Waals surface area contributed by atoms with E-state index < -0.39 is 0 Å². The molecule has 1 saturated heterocycles. The zero-order chi connectivity index (χ0) is 20.9. The molecule has 0 bridgehead atoms. The van der Waals surface area contributed by atoms with Crippen molar-refractivity contribution in [3.8, 4) is 23.0 Å². The van der Waals surface area contributed by atoms with Crippen LogP contribution in [0.1, 0.15) is 13.3 Å². The van der Waals surface area contributed by atoms with Gasteiger partial charge in [0.2, 0.25) is 5.91 Å². The van der Waals surface area contributed by atoms with Crippen LogP contribution < -0.4 is 29.2 Å². The molecule has 4 rings (SSSR count). The van der Waals surface area contributed by atoms with Gasteiger partial charge in [0.05, 0.1) is 12.6 Å².